The van der Waals surface area contributed by atoms with Gasteiger partial charge in [-0.25, -0.2) is 17.5 Å². The molecule has 0 fully saturated rings. The van der Waals surface area contributed by atoms with Gasteiger partial charge in [-0.15, -0.1) is 0 Å². The maximum absolute atomic E-state index is 12.4. The first-order valence-electron chi connectivity index (χ1n) is 7.95. The highest BCUT2D eigenvalue weighted by Crippen LogP contribution is 2.35. The standard InChI is InChI=1S/C19H19NO4S/c1-25(23,24)20(17-9-3-2-4-10-17)18-12-15(14-7-5-6-8-14)11-16(13-18)19(21)22/h2-6,9-14H,7-8H2,1H3,(H,21,22). The predicted octanol–water partition coefficient (Wildman–Crippen LogP) is 3.92. The van der Waals surface area contributed by atoms with E-state index in [4.69, 9.17) is 0 Å². The number of benzene rings is 2. The Balaban J connectivity index is 2.17. The molecule has 0 bridgehead atoms. The zero-order valence-corrected chi connectivity index (χ0v) is 14.6. The second-order valence-electron chi connectivity index (χ2n) is 6.12. The number of carbonyl (C=O) groups is 1. The Hall–Kier alpha value is -2.60. The zero-order chi connectivity index (χ0) is 18.0. The van der Waals surface area contributed by atoms with Crippen molar-refractivity contribution in [3.63, 3.8) is 0 Å². The molecule has 1 aliphatic carbocycles. The highest BCUT2D eigenvalue weighted by molar-refractivity contribution is 7.92. The van der Waals surface area contributed by atoms with Gasteiger partial charge >= 0.3 is 5.97 Å². The molecule has 0 radical (unpaired) electrons. The first-order chi connectivity index (χ1) is 11.9. The number of nitrogens with zero attached hydrogens (tertiary/aromatic N) is 1. The summed E-state index contributed by atoms with van der Waals surface area (Å²) >= 11 is 0. The van der Waals surface area contributed by atoms with Gasteiger partial charge in [0.2, 0.25) is 10.0 Å². The van der Waals surface area contributed by atoms with Crippen molar-refractivity contribution in [1.82, 2.24) is 0 Å². The van der Waals surface area contributed by atoms with Crippen LogP contribution in [0, 0.1) is 0 Å². The number of carboxylic acid groups (broad SMARTS) is 1. The number of para-hydroxylation sites is 1. The Kier molecular flexibility index (Phi) is 4.63. The molecular weight excluding hydrogens is 338 g/mol. The number of hydrogen-bond acceptors (Lipinski definition) is 3. The van der Waals surface area contributed by atoms with Gasteiger partial charge in [-0.05, 0) is 54.7 Å². The Morgan fingerprint density at radius 1 is 1.04 bits per heavy atom. The van der Waals surface area contributed by atoms with Crippen LogP contribution in [0.4, 0.5) is 11.4 Å². The van der Waals surface area contributed by atoms with Crippen LogP contribution in [0.5, 0.6) is 0 Å². The largest absolute Gasteiger partial charge is 0.478 e. The summed E-state index contributed by atoms with van der Waals surface area (Å²) in [5.41, 5.74) is 1.74. The van der Waals surface area contributed by atoms with Crippen LogP contribution in [0.2, 0.25) is 0 Å². The molecule has 130 valence electrons. The van der Waals surface area contributed by atoms with E-state index in [1.807, 2.05) is 0 Å². The molecule has 5 nitrogen and oxygen atoms in total. The van der Waals surface area contributed by atoms with Gasteiger partial charge in [0.25, 0.3) is 0 Å². The Labute approximate surface area is 147 Å². The van der Waals surface area contributed by atoms with Crippen LogP contribution in [-0.4, -0.2) is 25.7 Å². The molecule has 0 heterocycles. The van der Waals surface area contributed by atoms with E-state index >= 15 is 0 Å². The fourth-order valence-electron chi connectivity index (χ4n) is 3.10. The summed E-state index contributed by atoms with van der Waals surface area (Å²) in [4.78, 5) is 11.5. The number of allylic oxidation sites excluding steroid dienone is 2. The van der Waals surface area contributed by atoms with Gasteiger partial charge in [0.05, 0.1) is 23.2 Å². The molecule has 2 aromatic carbocycles. The zero-order valence-electron chi connectivity index (χ0n) is 13.8. The van der Waals surface area contributed by atoms with Gasteiger partial charge in [-0.1, -0.05) is 30.4 Å². The Morgan fingerprint density at radius 2 is 1.68 bits per heavy atom. The number of hydrogen-bond donors (Lipinski definition) is 1. The summed E-state index contributed by atoms with van der Waals surface area (Å²) in [7, 11) is -3.63. The molecule has 1 aliphatic rings. The van der Waals surface area contributed by atoms with E-state index in [9.17, 15) is 18.3 Å². The van der Waals surface area contributed by atoms with Crippen LogP contribution in [0.25, 0.3) is 0 Å². The predicted molar refractivity (Wildman–Crippen MR) is 97.9 cm³/mol. The molecule has 0 aromatic heterocycles. The third-order valence-electron chi connectivity index (χ3n) is 4.22. The summed E-state index contributed by atoms with van der Waals surface area (Å²) in [6.07, 6.45) is 6.89. The molecule has 25 heavy (non-hydrogen) atoms. The molecule has 0 spiro atoms. The molecule has 0 aliphatic heterocycles. The average Bonchev–Trinajstić information content (AvgIpc) is 3.09. The maximum Gasteiger partial charge on any atom is 0.335 e. The van der Waals surface area contributed by atoms with Crippen LogP contribution in [0.15, 0.2) is 60.7 Å². The molecule has 2 aromatic rings. The van der Waals surface area contributed by atoms with Gasteiger partial charge in [0.15, 0.2) is 0 Å². The third kappa shape index (κ3) is 3.74. The first kappa shape index (κ1) is 17.2. The van der Waals surface area contributed by atoms with E-state index in [0.717, 1.165) is 24.7 Å². The third-order valence-corrected chi connectivity index (χ3v) is 5.31. The lowest BCUT2D eigenvalue weighted by molar-refractivity contribution is 0.0696. The fourth-order valence-corrected chi connectivity index (χ4v) is 4.09. The molecule has 3 rings (SSSR count). The van der Waals surface area contributed by atoms with Crippen molar-refractivity contribution in [2.75, 3.05) is 10.6 Å². The monoisotopic (exact) mass is 357 g/mol. The minimum absolute atomic E-state index is 0.0870. The smallest absolute Gasteiger partial charge is 0.335 e. The van der Waals surface area contributed by atoms with Crippen molar-refractivity contribution in [2.24, 2.45) is 0 Å². The van der Waals surface area contributed by atoms with E-state index in [-0.39, 0.29) is 11.5 Å². The minimum Gasteiger partial charge on any atom is -0.478 e. The van der Waals surface area contributed by atoms with Crippen molar-refractivity contribution in [3.8, 4) is 0 Å². The average molecular weight is 357 g/mol. The van der Waals surface area contributed by atoms with E-state index in [1.165, 1.54) is 10.4 Å². The molecule has 6 heteroatoms. The van der Waals surface area contributed by atoms with Crippen LogP contribution in [0.3, 0.4) is 0 Å². The van der Waals surface area contributed by atoms with Gasteiger partial charge in [-0.2, -0.15) is 0 Å². The van der Waals surface area contributed by atoms with Gasteiger partial charge < -0.3 is 5.11 Å². The molecule has 0 amide bonds. The Bertz CT molecular complexity index is 912. The fraction of sp³-hybridized carbons (Fsp3) is 0.211. The van der Waals surface area contributed by atoms with Crippen molar-refractivity contribution >= 4 is 27.4 Å². The number of carboxylic acids is 1. The number of sulfonamides is 1. The minimum atomic E-state index is -3.63. The second-order valence-corrected chi connectivity index (χ2v) is 7.95. The van der Waals surface area contributed by atoms with Crippen molar-refractivity contribution in [1.29, 1.82) is 0 Å². The van der Waals surface area contributed by atoms with Crippen LogP contribution >= 0.6 is 0 Å². The van der Waals surface area contributed by atoms with Gasteiger partial charge in [0, 0.05) is 0 Å². The molecule has 0 atom stereocenters. The van der Waals surface area contributed by atoms with E-state index in [1.54, 1.807) is 42.5 Å². The molecule has 0 unspecified atom stereocenters. The summed E-state index contributed by atoms with van der Waals surface area (Å²) in [6, 6.07) is 13.5. The number of rotatable bonds is 5. The van der Waals surface area contributed by atoms with Crippen molar-refractivity contribution in [3.05, 3.63) is 71.8 Å². The number of anilines is 2. The lowest BCUT2D eigenvalue weighted by Crippen LogP contribution is -2.25. The molecular formula is C19H19NO4S. The molecule has 1 N–H and O–H groups in total. The van der Waals surface area contributed by atoms with E-state index in [0.29, 0.717) is 11.4 Å². The maximum atomic E-state index is 12.4. The summed E-state index contributed by atoms with van der Waals surface area (Å²) < 4.78 is 26.0. The normalized spacial score (nSPS) is 14.6. The molecule has 0 saturated heterocycles. The number of aromatic carboxylic acids is 1. The van der Waals surface area contributed by atoms with E-state index in [2.05, 4.69) is 12.2 Å². The Morgan fingerprint density at radius 3 is 2.24 bits per heavy atom. The van der Waals surface area contributed by atoms with Crippen molar-refractivity contribution < 1.29 is 18.3 Å². The van der Waals surface area contributed by atoms with Crippen LogP contribution in [0.1, 0.15) is 34.7 Å². The first-order valence-corrected chi connectivity index (χ1v) is 9.80. The van der Waals surface area contributed by atoms with Crippen LogP contribution in [-0.2, 0) is 10.0 Å². The van der Waals surface area contributed by atoms with Crippen molar-refractivity contribution in [2.45, 2.75) is 18.8 Å². The topological polar surface area (TPSA) is 74.7 Å². The summed E-state index contributed by atoms with van der Waals surface area (Å²) in [5.74, 6) is -0.897. The highest BCUT2D eigenvalue weighted by atomic mass is 32.2. The van der Waals surface area contributed by atoms with E-state index < -0.39 is 16.0 Å². The SMILES string of the molecule is CS(=O)(=O)N(c1ccccc1)c1cc(C(=O)O)cc(C2CC=CC2)c1. The lowest BCUT2D eigenvalue weighted by Gasteiger charge is -2.24. The van der Waals surface area contributed by atoms with Gasteiger partial charge in [-0.3, -0.25) is 0 Å². The van der Waals surface area contributed by atoms with Gasteiger partial charge in [0.1, 0.15) is 0 Å². The molecule has 0 saturated carbocycles. The lowest BCUT2D eigenvalue weighted by atomic mass is 9.94. The summed E-state index contributed by atoms with van der Waals surface area (Å²) in [5, 5.41) is 9.45. The highest BCUT2D eigenvalue weighted by Gasteiger charge is 2.23. The van der Waals surface area contributed by atoms with Crippen LogP contribution < -0.4 is 4.31 Å². The second kappa shape index (κ2) is 6.72. The summed E-state index contributed by atoms with van der Waals surface area (Å²) in [6.45, 7) is 0. The quantitative estimate of drug-likeness (QED) is 0.823.